The molecule has 0 fully saturated rings. The van der Waals surface area contributed by atoms with E-state index in [1.54, 1.807) is 0 Å². The molecular formula is C11H14Cl2F3N3. The smallest absolute Gasteiger partial charge is 0.369 e. The highest BCUT2D eigenvalue weighted by molar-refractivity contribution is 6.37. The fraction of sp³-hybridized carbons (Fsp3) is 0.545. The quantitative estimate of drug-likeness (QED) is 0.807. The van der Waals surface area contributed by atoms with E-state index in [4.69, 9.17) is 23.2 Å². The van der Waals surface area contributed by atoms with Gasteiger partial charge in [0.1, 0.15) is 11.6 Å². The molecule has 0 saturated carbocycles. The molecule has 0 saturated heterocycles. The second kappa shape index (κ2) is 7.05. The average molecular weight is 316 g/mol. The third-order valence-corrected chi connectivity index (χ3v) is 2.75. The molecule has 19 heavy (non-hydrogen) atoms. The summed E-state index contributed by atoms with van der Waals surface area (Å²) in [5.74, 6) is 0.594. The van der Waals surface area contributed by atoms with Gasteiger partial charge in [-0.3, -0.25) is 0 Å². The van der Waals surface area contributed by atoms with Gasteiger partial charge in [-0.15, -0.1) is 0 Å². The Morgan fingerprint density at radius 1 is 1.11 bits per heavy atom. The molecule has 0 radical (unpaired) electrons. The van der Waals surface area contributed by atoms with Gasteiger partial charge in [-0.05, 0) is 12.5 Å². The zero-order chi connectivity index (χ0) is 14.5. The zero-order valence-electron chi connectivity index (χ0n) is 10.2. The van der Waals surface area contributed by atoms with Gasteiger partial charge in [0.05, 0.1) is 16.5 Å². The van der Waals surface area contributed by atoms with Gasteiger partial charge < -0.3 is 10.6 Å². The van der Waals surface area contributed by atoms with E-state index in [9.17, 15) is 13.2 Å². The Hall–Kier alpha value is -0.880. The Bertz CT molecular complexity index is 424. The number of hydrogen-bond acceptors (Lipinski definition) is 3. The van der Waals surface area contributed by atoms with Crippen LogP contribution in [0.2, 0.25) is 10.0 Å². The van der Waals surface area contributed by atoms with Crippen LogP contribution >= 0.6 is 23.2 Å². The molecule has 3 nitrogen and oxygen atoms in total. The first kappa shape index (κ1) is 16.2. The third kappa shape index (κ3) is 5.74. The molecular weight excluding hydrogens is 302 g/mol. The van der Waals surface area contributed by atoms with Crippen LogP contribution < -0.4 is 10.6 Å². The summed E-state index contributed by atoms with van der Waals surface area (Å²) in [7, 11) is 0. The van der Waals surface area contributed by atoms with E-state index < -0.39 is 12.6 Å². The number of hydrogen-bond donors (Lipinski definition) is 2. The number of aromatic nitrogens is 1. The Kier molecular flexibility index (Phi) is 6.00. The van der Waals surface area contributed by atoms with Crippen molar-refractivity contribution in [2.75, 3.05) is 23.7 Å². The molecule has 0 atom stereocenters. The predicted molar refractivity (Wildman–Crippen MR) is 72.2 cm³/mol. The van der Waals surface area contributed by atoms with E-state index in [2.05, 4.69) is 15.6 Å². The first-order valence-corrected chi connectivity index (χ1v) is 6.49. The Balaban J connectivity index is 2.71. The summed E-state index contributed by atoms with van der Waals surface area (Å²) in [6.45, 7) is 2.35. The van der Waals surface area contributed by atoms with Crippen molar-refractivity contribution in [3.8, 4) is 0 Å². The summed E-state index contributed by atoms with van der Waals surface area (Å²) in [6, 6.07) is 1.45. The largest absolute Gasteiger partial charge is 0.390 e. The van der Waals surface area contributed by atoms with E-state index in [1.807, 2.05) is 6.92 Å². The molecule has 0 amide bonds. The lowest BCUT2D eigenvalue weighted by Crippen LogP contribution is -2.15. The summed E-state index contributed by atoms with van der Waals surface area (Å²) in [5, 5.41) is 6.05. The van der Waals surface area contributed by atoms with Crippen molar-refractivity contribution in [3.63, 3.8) is 0 Å². The molecule has 0 aromatic carbocycles. The van der Waals surface area contributed by atoms with Gasteiger partial charge in [0.15, 0.2) is 0 Å². The summed E-state index contributed by atoms with van der Waals surface area (Å²) in [6.07, 6.45) is -4.29. The van der Waals surface area contributed by atoms with Crippen molar-refractivity contribution >= 4 is 34.8 Å². The number of rotatable bonds is 6. The van der Waals surface area contributed by atoms with Gasteiger partial charge in [0, 0.05) is 13.1 Å². The standard InChI is InChI=1S/C11H14Cl2F3N3/c1-2-4-17-9-7(12)6-8(13)10(19-9)18-5-3-11(14,15)16/h6H,2-5H2,1H3,(H2,17,18,19). The minimum Gasteiger partial charge on any atom is -0.369 e. The topological polar surface area (TPSA) is 37.0 Å². The maximum atomic E-state index is 12.0. The van der Waals surface area contributed by atoms with Gasteiger partial charge in [0.25, 0.3) is 0 Å². The molecule has 2 N–H and O–H groups in total. The molecule has 8 heteroatoms. The van der Waals surface area contributed by atoms with Crippen molar-refractivity contribution in [2.24, 2.45) is 0 Å². The van der Waals surface area contributed by atoms with Crippen molar-refractivity contribution in [2.45, 2.75) is 25.9 Å². The van der Waals surface area contributed by atoms with Crippen molar-refractivity contribution in [1.82, 2.24) is 4.98 Å². The molecule has 1 rings (SSSR count). The van der Waals surface area contributed by atoms with E-state index >= 15 is 0 Å². The summed E-state index contributed by atoms with van der Waals surface area (Å²) in [5.41, 5.74) is 0. The van der Waals surface area contributed by atoms with Crippen molar-refractivity contribution in [3.05, 3.63) is 16.1 Å². The summed E-state index contributed by atoms with van der Waals surface area (Å²) >= 11 is 11.8. The lowest BCUT2D eigenvalue weighted by atomic mass is 10.3. The first-order chi connectivity index (χ1) is 8.83. The zero-order valence-corrected chi connectivity index (χ0v) is 11.8. The van der Waals surface area contributed by atoms with Crippen LogP contribution in [0.5, 0.6) is 0 Å². The van der Waals surface area contributed by atoms with Crippen LogP contribution in [0.4, 0.5) is 24.8 Å². The van der Waals surface area contributed by atoms with Crippen LogP contribution in [0.3, 0.4) is 0 Å². The number of pyridine rings is 1. The second-order valence-electron chi connectivity index (χ2n) is 3.87. The lowest BCUT2D eigenvalue weighted by molar-refractivity contribution is -0.131. The van der Waals surface area contributed by atoms with E-state index in [-0.39, 0.29) is 17.4 Å². The van der Waals surface area contributed by atoms with E-state index in [0.717, 1.165) is 6.42 Å². The second-order valence-corrected chi connectivity index (χ2v) is 4.68. The Morgan fingerprint density at radius 3 is 2.11 bits per heavy atom. The highest BCUT2D eigenvalue weighted by Gasteiger charge is 2.26. The molecule has 108 valence electrons. The molecule has 0 aliphatic carbocycles. The minimum absolute atomic E-state index is 0.189. The molecule has 0 unspecified atom stereocenters. The summed E-state index contributed by atoms with van der Waals surface area (Å²) < 4.78 is 36.1. The number of anilines is 2. The molecule has 1 heterocycles. The van der Waals surface area contributed by atoms with Gasteiger partial charge in [-0.1, -0.05) is 30.1 Å². The highest BCUT2D eigenvalue weighted by Crippen LogP contribution is 2.29. The Morgan fingerprint density at radius 2 is 1.63 bits per heavy atom. The van der Waals surface area contributed by atoms with Crippen LogP contribution in [0.25, 0.3) is 0 Å². The maximum Gasteiger partial charge on any atom is 0.390 e. The molecule has 0 spiro atoms. The number of nitrogens with zero attached hydrogens (tertiary/aromatic N) is 1. The lowest BCUT2D eigenvalue weighted by Gasteiger charge is -2.12. The first-order valence-electron chi connectivity index (χ1n) is 5.74. The highest BCUT2D eigenvalue weighted by atomic mass is 35.5. The molecule has 1 aromatic heterocycles. The Labute approximate surface area is 119 Å². The number of nitrogens with one attached hydrogen (secondary N) is 2. The molecule has 0 aliphatic rings. The van der Waals surface area contributed by atoms with E-state index in [1.165, 1.54) is 6.07 Å². The van der Waals surface area contributed by atoms with E-state index in [0.29, 0.717) is 17.4 Å². The number of alkyl halides is 3. The minimum atomic E-state index is -4.21. The number of halogens is 5. The fourth-order valence-corrected chi connectivity index (χ4v) is 1.77. The fourth-order valence-electron chi connectivity index (χ4n) is 1.28. The monoisotopic (exact) mass is 315 g/mol. The summed E-state index contributed by atoms with van der Waals surface area (Å²) in [4.78, 5) is 4.08. The van der Waals surface area contributed by atoms with Crippen LogP contribution in [0.15, 0.2) is 6.07 Å². The van der Waals surface area contributed by atoms with Crippen LogP contribution in [0.1, 0.15) is 19.8 Å². The third-order valence-electron chi connectivity index (χ3n) is 2.17. The van der Waals surface area contributed by atoms with Crippen LogP contribution in [0, 0.1) is 0 Å². The van der Waals surface area contributed by atoms with Gasteiger partial charge in [0.2, 0.25) is 0 Å². The molecule has 0 aliphatic heterocycles. The van der Waals surface area contributed by atoms with Crippen LogP contribution in [-0.4, -0.2) is 24.2 Å². The average Bonchev–Trinajstić information content (AvgIpc) is 2.29. The van der Waals surface area contributed by atoms with Crippen molar-refractivity contribution < 1.29 is 13.2 Å². The predicted octanol–water partition coefficient (Wildman–Crippen LogP) is 4.57. The van der Waals surface area contributed by atoms with Gasteiger partial charge in [-0.2, -0.15) is 13.2 Å². The van der Waals surface area contributed by atoms with Gasteiger partial charge in [-0.25, -0.2) is 4.98 Å². The van der Waals surface area contributed by atoms with Crippen molar-refractivity contribution in [1.29, 1.82) is 0 Å². The normalized spacial score (nSPS) is 11.5. The van der Waals surface area contributed by atoms with Crippen LogP contribution in [-0.2, 0) is 0 Å². The maximum absolute atomic E-state index is 12.0. The molecule has 0 bridgehead atoms. The van der Waals surface area contributed by atoms with Gasteiger partial charge >= 0.3 is 6.18 Å². The SMILES string of the molecule is CCCNc1nc(NCCC(F)(F)F)c(Cl)cc1Cl. The molecule has 1 aromatic rings.